The van der Waals surface area contributed by atoms with E-state index in [4.69, 9.17) is 20.4 Å². The second-order valence-electron chi connectivity index (χ2n) is 4.37. The topological polar surface area (TPSA) is 80.9 Å². The number of hydrogen-bond donors (Lipinski definition) is 4. The van der Waals surface area contributed by atoms with Crippen molar-refractivity contribution in [1.29, 1.82) is 0 Å². The van der Waals surface area contributed by atoms with E-state index in [0.717, 1.165) is 0 Å². The normalized spacial score (nSPS) is 8.47. The molecule has 5 heteroatoms. The van der Waals surface area contributed by atoms with Gasteiger partial charge in [0, 0.05) is 61.3 Å². The van der Waals surface area contributed by atoms with Gasteiger partial charge in [0.25, 0.3) is 0 Å². The Hall–Kier alpha value is 1.07. The van der Waals surface area contributed by atoms with Crippen LogP contribution in [0.5, 0.6) is 0 Å². The van der Waals surface area contributed by atoms with Crippen molar-refractivity contribution < 1.29 is 57.3 Å². The Morgan fingerprint density at radius 3 is 0.412 bits per heavy atom. The number of aliphatic hydroxyl groups is 4. The third-order valence-electron chi connectivity index (χ3n) is 0. The van der Waals surface area contributed by atoms with Crippen LogP contribution >= 0.6 is 0 Å². The molecule has 117 valence electrons. The summed E-state index contributed by atoms with van der Waals surface area (Å²) in [5.74, 6) is 0. The third kappa shape index (κ3) is 3360. The van der Waals surface area contributed by atoms with Crippen molar-refractivity contribution in [3.05, 3.63) is 0 Å². The molecule has 0 aromatic rings. The number of hydrogen-bond acceptors (Lipinski definition) is 4. The molecule has 0 amide bonds. The molecule has 0 aromatic carbocycles. The standard InChI is InChI=1S/4C3H8O.Tm/c4*1-3(2)4;/h4*3-4H,1-2H3;. The van der Waals surface area contributed by atoms with E-state index in [1.165, 1.54) is 0 Å². The predicted octanol–water partition coefficient (Wildman–Crippen LogP) is 1.55. The molecule has 0 aliphatic heterocycles. The first kappa shape index (κ1) is 30.8. The minimum Gasteiger partial charge on any atom is -0.394 e. The van der Waals surface area contributed by atoms with E-state index in [9.17, 15) is 0 Å². The van der Waals surface area contributed by atoms with Gasteiger partial charge >= 0.3 is 0 Å². The summed E-state index contributed by atoms with van der Waals surface area (Å²) in [6.07, 6.45) is -0.667. The van der Waals surface area contributed by atoms with E-state index in [2.05, 4.69) is 0 Å². The smallest absolute Gasteiger partial charge is 0.0483 e. The van der Waals surface area contributed by atoms with E-state index in [-0.39, 0.29) is 61.3 Å². The Bertz CT molecular complexity index is 61.5. The summed E-state index contributed by atoms with van der Waals surface area (Å²) in [6, 6.07) is 0. The summed E-state index contributed by atoms with van der Waals surface area (Å²) >= 11 is 0. The van der Waals surface area contributed by atoms with Crippen LogP contribution in [0.25, 0.3) is 0 Å². The van der Waals surface area contributed by atoms with E-state index in [1.54, 1.807) is 55.4 Å². The summed E-state index contributed by atoms with van der Waals surface area (Å²) < 4.78 is 0. The van der Waals surface area contributed by atoms with Crippen molar-refractivity contribution in [2.75, 3.05) is 0 Å². The molecule has 0 saturated heterocycles. The van der Waals surface area contributed by atoms with Crippen LogP contribution in [-0.2, 0) is 0 Å². The van der Waals surface area contributed by atoms with Crippen LogP contribution in [-0.4, -0.2) is 44.8 Å². The number of aliphatic hydroxyl groups excluding tert-OH is 4. The minimum absolute atomic E-state index is 0. The van der Waals surface area contributed by atoms with Crippen LogP contribution in [0, 0.1) is 36.9 Å². The molecule has 0 aliphatic rings. The van der Waals surface area contributed by atoms with Crippen molar-refractivity contribution in [1.82, 2.24) is 0 Å². The molecule has 0 atom stereocenters. The first-order chi connectivity index (χ1) is 6.93. The Morgan fingerprint density at radius 1 is 0.412 bits per heavy atom. The summed E-state index contributed by atoms with van der Waals surface area (Å²) in [6.45, 7) is 13.8. The van der Waals surface area contributed by atoms with Gasteiger partial charge < -0.3 is 20.4 Å². The Balaban J connectivity index is -0.0000000369. The predicted molar refractivity (Wildman–Crippen MR) is 69.4 cm³/mol. The maximum atomic E-state index is 8.06. The Morgan fingerprint density at radius 2 is 0.412 bits per heavy atom. The average molecular weight is 409 g/mol. The zero-order valence-corrected chi connectivity index (χ0v) is 14.2. The van der Waals surface area contributed by atoms with Gasteiger partial charge in [-0.1, -0.05) is 0 Å². The Kier molecular flexibility index (Phi) is 46.8. The zero-order chi connectivity index (χ0) is 14.3. The molecule has 0 aromatic heterocycles. The number of rotatable bonds is 0. The van der Waals surface area contributed by atoms with Crippen LogP contribution in [0.3, 0.4) is 0 Å². The van der Waals surface area contributed by atoms with Crippen LogP contribution < -0.4 is 0 Å². The van der Waals surface area contributed by atoms with Gasteiger partial charge in [-0.05, 0) is 55.4 Å². The maximum Gasteiger partial charge on any atom is 0.0483 e. The molecule has 4 nitrogen and oxygen atoms in total. The van der Waals surface area contributed by atoms with E-state index in [0.29, 0.717) is 0 Å². The van der Waals surface area contributed by atoms with Crippen molar-refractivity contribution in [3.63, 3.8) is 0 Å². The fraction of sp³-hybridized carbons (Fsp3) is 1.00. The molecule has 0 fully saturated rings. The molecular formula is C12H32O4Tm. The van der Waals surface area contributed by atoms with Crippen LogP contribution in [0.4, 0.5) is 0 Å². The average Bonchev–Trinajstić information content (AvgIpc) is 1.76. The SMILES string of the molecule is CC(C)O.CC(C)O.CC(C)O.CC(C)O.[Tm]. The van der Waals surface area contributed by atoms with Gasteiger partial charge in [-0.15, -0.1) is 0 Å². The van der Waals surface area contributed by atoms with E-state index >= 15 is 0 Å². The molecule has 1 radical (unpaired) electrons. The largest absolute Gasteiger partial charge is 0.394 e. The molecule has 0 bridgehead atoms. The molecule has 0 spiro atoms. The van der Waals surface area contributed by atoms with Gasteiger partial charge in [0.1, 0.15) is 0 Å². The van der Waals surface area contributed by atoms with Crippen LogP contribution in [0.15, 0.2) is 0 Å². The van der Waals surface area contributed by atoms with Crippen LogP contribution in [0.2, 0.25) is 0 Å². The third-order valence-corrected chi connectivity index (χ3v) is 0. The van der Waals surface area contributed by atoms with Crippen molar-refractivity contribution >= 4 is 0 Å². The van der Waals surface area contributed by atoms with Crippen molar-refractivity contribution in [2.24, 2.45) is 0 Å². The minimum atomic E-state index is -0.167. The molecule has 0 saturated carbocycles. The molecule has 4 N–H and O–H groups in total. The molecule has 0 aliphatic carbocycles. The fourth-order valence-electron chi connectivity index (χ4n) is 0. The maximum absolute atomic E-state index is 8.06. The zero-order valence-electron chi connectivity index (χ0n) is 12.4. The van der Waals surface area contributed by atoms with Crippen LogP contribution in [0.1, 0.15) is 55.4 Å². The van der Waals surface area contributed by atoms with Crippen molar-refractivity contribution in [2.45, 2.75) is 79.8 Å². The first-order valence-corrected chi connectivity index (χ1v) is 5.65. The molecule has 0 rings (SSSR count). The second kappa shape index (κ2) is 25.8. The van der Waals surface area contributed by atoms with E-state index < -0.39 is 0 Å². The summed E-state index contributed by atoms with van der Waals surface area (Å²) in [5, 5.41) is 32.2. The van der Waals surface area contributed by atoms with Gasteiger partial charge in [0.2, 0.25) is 0 Å². The van der Waals surface area contributed by atoms with Gasteiger partial charge in [0.15, 0.2) is 0 Å². The molecular weight excluding hydrogens is 377 g/mol. The second-order valence-corrected chi connectivity index (χ2v) is 4.37. The molecule has 17 heavy (non-hydrogen) atoms. The van der Waals surface area contributed by atoms with Gasteiger partial charge in [-0.3, -0.25) is 0 Å². The fourth-order valence-corrected chi connectivity index (χ4v) is 0. The van der Waals surface area contributed by atoms with Gasteiger partial charge in [0.05, 0.1) is 0 Å². The first-order valence-electron chi connectivity index (χ1n) is 5.65. The quantitative estimate of drug-likeness (QED) is 0.490. The monoisotopic (exact) mass is 409 g/mol. The summed E-state index contributed by atoms with van der Waals surface area (Å²) in [5.41, 5.74) is 0. The van der Waals surface area contributed by atoms with Gasteiger partial charge in [-0.25, -0.2) is 0 Å². The molecule has 0 unspecified atom stereocenters. The van der Waals surface area contributed by atoms with Crippen molar-refractivity contribution in [3.8, 4) is 0 Å². The summed E-state index contributed by atoms with van der Waals surface area (Å²) in [7, 11) is 0. The Labute approximate surface area is 136 Å². The van der Waals surface area contributed by atoms with E-state index in [1.807, 2.05) is 0 Å². The molecule has 0 heterocycles. The summed E-state index contributed by atoms with van der Waals surface area (Å²) in [4.78, 5) is 0. The van der Waals surface area contributed by atoms with Gasteiger partial charge in [-0.2, -0.15) is 0 Å².